The number of hydrogen-bond donors (Lipinski definition) is 1. The molecule has 2 rings (SSSR count). The van der Waals surface area contributed by atoms with Gasteiger partial charge in [-0.1, -0.05) is 23.2 Å². The summed E-state index contributed by atoms with van der Waals surface area (Å²) in [4.78, 5) is 12.5. The molecule has 0 fully saturated rings. The lowest BCUT2D eigenvalue weighted by Crippen LogP contribution is -2.11. The fourth-order valence-corrected chi connectivity index (χ4v) is 3.49. The van der Waals surface area contributed by atoms with Crippen molar-refractivity contribution in [2.45, 2.75) is 6.92 Å². The summed E-state index contributed by atoms with van der Waals surface area (Å²) < 4.78 is 13.5. The number of benzene rings is 1. The van der Waals surface area contributed by atoms with Crippen LogP contribution in [0.4, 0.5) is 10.1 Å². The number of anilines is 1. The highest BCUT2D eigenvalue weighted by molar-refractivity contribution is 9.10. The first-order valence-electron chi connectivity index (χ1n) is 5.09. The highest BCUT2D eigenvalue weighted by atomic mass is 79.9. The van der Waals surface area contributed by atoms with Crippen molar-refractivity contribution in [1.29, 1.82) is 0 Å². The first kappa shape index (κ1) is 14.8. The molecule has 1 amide bonds. The standard InChI is InChI=1S/C12H7BrCl2FNOS/c1-5-4-19-11(9(5)15)12(18)17-10-7(13)2-6(16)3-8(10)14/h2-4H,1H3,(H,17,18). The second-order valence-electron chi connectivity index (χ2n) is 3.76. The molecule has 2 aromatic rings. The van der Waals surface area contributed by atoms with Crippen molar-refractivity contribution in [2.24, 2.45) is 0 Å². The Morgan fingerprint density at radius 3 is 2.63 bits per heavy atom. The van der Waals surface area contributed by atoms with Crippen molar-refractivity contribution >= 4 is 62.1 Å². The fourth-order valence-electron chi connectivity index (χ4n) is 1.41. The Morgan fingerprint density at radius 1 is 1.42 bits per heavy atom. The summed E-state index contributed by atoms with van der Waals surface area (Å²) in [5.41, 5.74) is 1.15. The zero-order valence-corrected chi connectivity index (χ0v) is 13.5. The minimum absolute atomic E-state index is 0.115. The Hall–Kier alpha value is -0.620. The van der Waals surface area contributed by atoms with Gasteiger partial charge in [-0.15, -0.1) is 11.3 Å². The SMILES string of the molecule is Cc1csc(C(=O)Nc2c(Cl)cc(F)cc2Br)c1Cl. The molecule has 19 heavy (non-hydrogen) atoms. The maximum atomic E-state index is 13.1. The summed E-state index contributed by atoms with van der Waals surface area (Å²) in [7, 11) is 0. The van der Waals surface area contributed by atoms with Crippen molar-refractivity contribution < 1.29 is 9.18 Å². The van der Waals surface area contributed by atoms with E-state index in [-0.39, 0.29) is 10.9 Å². The number of nitrogens with one attached hydrogen (secondary N) is 1. The lowest BCUT2D eigenvalue weighted by atomic mass is 10.3. The molecule has 0 spiro atoms. The predicted molar refractivity (Wildman–Crippen MR) is 81.1 cm³/mol. The molecule has 0 saturated heterocycles. The normalized spacial score (nSPS) is 10.6. The Balaban J connectivity index is 2.32. The van der Waals surface area contributed by atoms with Crippen LogP contribution in [0.2, 0.25) is 10.0 Å². The van der Waals surface area contributed by atoms with Gasteiger partial charge in [-0.2, -0.15) is 0 Å². The molecule has 1 N–H and O–H groups in total. The van der Waals surface area contributed by atoms with E-state index in [0.29, 0.717) is 20.1 Å². The molecule has 0 unspecified atom stereocenters. The molecule has 1 aromatic carbocycles. The first-order valence-corrected chi connectivity index (χ1v) is 7.52. The van der Waals surface area contributed by atoms with E-state index >= 15 is 0 Å². The Morgan fingerprint density at radius 2 is 2.11 bits per heavy atom. The first-order chi connectivity index (χ1) is 8.90. The molecule has 2 nitrogen and oxygen atoms in total. The van der Waals surface area contributed by atoms with E-state index in [1.807, 2.05) is 6.92 Å². The van der Waals surface area contributed by atoms with Gasteiger partial charge in [0.2, 0.25) is 0 Å². The molecule has 0 radical (unpaired) electrons. The summed E-state index contributed by atoms with van der Waals surface area (Å²) in [5, 5.41) is 4.94. The average Bonchev–Trinajstić information content (AvgIpc) is 2.64. The zero-order valence-electron chi connectivity index (χ0n) is 9.56. The van der Waals surface area contributed by atoms with Crippen LogP contribution in [0, 0.1) is 12.7 Å². The third kappa shape index (κ3) is 3.11. The third-order valence-electron chi connectivity index (χ3n) is 2.35. The molecule has 7 heteroatoms. The Kier molecular flexibility index (Phi) is 4.50. The molecule has 0 bridgehead atoms. The van der Waals surface area contributed by atoms with Crippen LogP contribution in [-0.4, -0.2) is 5.91 Å². The molecule has 0 saturated carbocycles. The maximum Gasteiger partial charge on any atom is 0.267 e. The second kappa shape index (κ2) is 5.79. The number of hydrogen-bond acceptors (Lipinski definition) is 2. The minimum atomic E-state index is -0.486. The van der Waals surface area contributed by atoms with Crippen LogP contribution >= 0.6 is 50.5 Å². The minimum Gasteiger partial charge on any atom is -0.319 e. The van der Waals surface area contributed by atoms with Gasteiger partial charge < -0.3 is 5.32 Å². The molecule has 0 atom stereocenters. The smallest absolute Gasteiger partial charge is 0.267 e. The largest absolute Gasteiger partial charge is 0.319 e. The van der Waals surface area contributed by atoms with Gasteiger partial charge >= 0.3 is 0 Å². The van der Waals surface area contributed by atoms with Crippen LogP contribution in [-0.2, 0) is 0 Å². The van der Waals surface area contributed by atoms with Gasteiger partial charge in [0, 0.05) is 4.47 Å². The Labute approximate surface area is 131 Å². The van der Waals surface area contributed by atoms with Crippen LogP contribution in [0.25, 0.3) is 0 Å². The number of carbonyl (C=O) groups is 1. The molecular weight excluding hydrogens is 376 g/mol. The zero-order chi connectivity index (χ0) is 14.2. The average molecular weight is 383 g/mol. The van der Waals surface area contributed by atoms with Crippen molar-refractivity contribution in [3.63, 3.8) is 0 Å². The number of aryl methyl sites for hydroxylation is 1. The van der Waals surface area contributed by atoms with Gasteiger partial charge in [0.15, 0.2) is 0 Å². The lowest BCUT2D eigenvalue weighted by Gasteiger charge is -2.09. The third-order valence-corrected chi connectivity index (χ3v) is 4.97. The van der Waals surface area contributed by atoms with Crippen LogP contribution in [0.1, 0.15) is 15.2 Å². The fraction of sp³-hybridized carbons (Fsp3) is 0.0833. The summed E-state index contributed by atoms with van der Waals surface area (Å²) in [6, 6.07) is 2.35. The van der Waals surface area contributed by atoms with Gasteiger partial charge in [-0.3, -0.25) is 4.79 Å². The number of carbonyl (C=O) groups excluding carboxylic acids is 1. The van der Waals surface area contributed by atoms with Gasteiger partial charge in [-0.05, 0) is 45.9 Å². The number of amides is 1. The Bertz CT molecular complexity index is 636. The molecule has 100 valence electrons. The number of halogens is 4. The molecular formula is C12H7BrCl2FNOS. The van der Waals surface area contributed by atoms with Crippen LogP contribution in [0.3, 0.4) is 0 Å². The monoisotopic (exact) mass is 381 g/mol. The molecule has 1 aromatic heterocycles. The van der Waals surface area contributed by atoms with Gasteiger partial charge in [-0.25, -0.2) is 4.39 Å². The van der Waals surface area contributed by atoms with Crippen LogP contribution in [0.5, 0.6) is 0 Å². The summed E-state index contributed by atoms with van der Waals surface area (Å²) >= 11 is 16.3. The number of rotatable bonds is 2. The van der Waals surface area contributed by atoms with Crippen LogP contribution < -0.4 is 5.32 Å². The highest BCUT2D eigenvalue weighted by Crippen LogP contribution is 2.34. The van der Waals surface area contributed by atoms with Crippen molar-refractivity contribution in [1.82, 2.24) is 0 Å². The highest BCUT2D eigenvalue weighted by Gasteiger charge is 2.17. The predicted octanol–water partition coefficient (Wildman–Crippen LogP) is 5.52. The van der Waals surface area contributed by atoms with Crippen molar-refractivity contribution in [2.75, 3.05) is 5.32 Å². The molecule has 0 aliphatic heterocycles. The van der Waals surface area contributed by atoms with Crippen molar-refractivity contribution in [3.8, 4) is 0 Å². The molecule has 1 heterocycles. The quantitative estimate of drug-likeness (QED) is 0.728. The molecule has 0 aliphatic carbocycles. The topological polar surface area (TPSA) is 29.1 Å². The summed E-state index contributed by atoms with van der Waals surface area (Å²) in [6.07, 6.45) is 0. The van der Waals surface area contributed by atoms with E-state index in [9.17, 15) is 9.18 Å². The van der Waals surface area contributed by atoms with Crippen LogP contribution in [0.15, 0.2) is 22.0 Å². The van der Waals surface area contributed by atoms with Gasteiger partial charge in [0.05, 0.1) is 15.7 Å². The van der Waals surface area contributed by atoms with Crippen molar-refractivity contribution in [3.05, 3.63) is 48.3 Å². The summed E-state index contributed by atoms with van der Waals surface area (Å²) in [6.45, 7) is 1.82. The molecule has 0 aliphatic rings. The number of thiophene rings is 1. The van der Waals surface area contributed by atoms with E-state index in [2.05, 4.69) is 21.2 Å². The second-order valence-corrected chi connectivity index (χ2v) is 6.28. The lowest BCUT2D eigenvalue weighted by molar-refractivity contribution is 0.103. The van der Waals surface area contributed by atoms with E-state index < -0.39 is 5.82 Å². The van der Waals surface area contributed by atoms with Gasteiger partial charge in [0.25, 0.3) is 5.91 Å². The van der Waals surface area contributed by atoms with Gasteiger partial charge in [0.1, 0.15) is 10.7 Å². The maximum absolute atomic E-state index is 13.1. The van der Waals surface area contributed by atoms with E-state index in [0.717, 1.165) is 11.6 Å². The van der Waals surface area contributed by atoms with E-state index in [4.69, 9.17) is 23.2 Å². The van der Waals surface area contributed by atoms with E-state index in [1.54, 1.807) is 5.38 Å². The van der Waals surface area contributed by atoms with E-state index in [1.165, 1.54) is 17.4 Å². The summed E-state index contributed by atoms with van der Waals surface area (Å²) in [5.74, 6) is -0.864.